The van der Waals surface area contributed by atoms with E-state index in [1.54, 1.807) is 32.7 Å². The van der Waals surface area contributed by atoms with Gasteiger partial charge in [0.05, 0.1) is 33.6 Å². The Labute approximate surface area is 188 Å². The number of rotatable bonds is 7. The second-order valence-corrected chi connectivity index (χ2v) is 8.67. The molecule has 0 saturated heterocycles. The van der Waals surface area contributed by atoms with Crippen LogP contribution in [0.1, 0.15) is 51.9 Å². The molecule has 0 spiro atoms. The number of hydrogen-bond acceptors (Lipinski definition) is 6. The second kappa shape index (κ2) is 11.2. The molecule has 0 amide bonds. The number of thiazole rings is 1. The summed E-state index contributed by atoms with van der Waals surface area (Å²) < 4.78 is 18.6. The third kappa shape index (κ3) is 5.79. The smallest absolute Gasteiger partial charge is 0.206 e. The largest absolute Gasteiger partial charge is 0.493 e. The first-order valence-corrected chi connectivity index (χ1v) is 11.7. The number of methoxy groups -OCH3 is 3. The van der Waals surface area contributed by atoms with Crippen molar-refractivity contribution in [3.8, 4) is 28.5 Å². The molecule has 168 valence electrons. The molecule has 0 N–H and O–H groups in total. The highest BCUT2D eigenvalue weighted by Gasteiger charge is 2.17. The maximum Gasteiger partial charge on any atom is 0.206 e. The third-order valence-electron chi connectivity index (χ3n) is 5.30. The van der Waals surface area contributed by atoms with E-state index in [0.29, 0.717) is 23.8 Å². The number of nitrogens with zero attached hydrogens (tertiary/aromatic N) is 3. The Morgan fingerprint density at radius 1 is 1.00 bits per heavy atom. The molecule has 6 nitrogen and oxygen atoms in total. The topological polar surface area (TPSA) is 57.3 Å². The van der Waals surface area contributed by atoms with Crippen molar-refractivity contribution in [1.82, 2.24) is 4.68 Å². The van der Waals surface area contributed by atoms with Gasteiger partial charge in [0.15, 0.2) is 11.5 Å². The molecule has 0 atom stereocenters. The molecule has 3 rings (SSSR count). The Bertz CT molecular complexity index is 969. The van der Waals surface area contributed by atoms with Crippen LogP contribution >= 0.6 is 11.3 Å². The lowest BCUT2D eigenvalue weighted by Crippen LogP contribution is -2.16. The zero-order valence-corrected chi connectivity index (χ0v) is 19.9. The molecule has 31 heavy (non-hydrogen) atoms. The Hall–Kier alpha value is -2.54. The third-order valence-corrected chi connectivity index (χ3v) is 6.16. The van der Waals surface area contributed by atoms with Crippen molar-refractivity contribution in [2.75, 3.05) is 27.9 Å². The van der Waals surface area contributed by atoms with Crippen LogP contribution in [0.2, 0.25) is 0 Å². The van der Waals surface area contributed by atoms with Gasteiger partial charge in [-0.2, -0.15) is 5.10 Å². The van der Waals surface area contributed by atoms with E-state index in [0.717, 1.165) is 34.5 Å². The summed E-state index contributed by atoms with van der Waals surface area (Å²) in [5, 5.41) is 7.18. The summed E-state index contributed by atoms with van der Waals surface area (Å²) in [6.45, 7) is 6.56. The normalized spacial score (nSPS) is 15.2. The van der Waals surface area contributed by atoms with Gasteiger partial charge in [0.25, 0.3) is 0 Å². The van der Waals surface area contributed by atoms with E-state index in [-0.39, 0.29) is 0 Å². The Morgan fingerprint density at radius 3 is 2.16 bits per heavy atom. The summed E-state index contributed by atoms with van der Waals surface area (Å²) in [4.78, 5) is 5.63. The summed E-state index contributed by atoms with van der Waals surface area (Å²) in [6.07, 6.45) is 8.35. The van der Waals surface area contributed by atoms with Gasteiger partial charge < -0.3 is 14.2 Å². The average molecular weight is 444 g/mol. The first-order chi connectivity index (χ1) is 15.1. The molecule has 7 heteroatoms. The predicted octanol–water partition coefficient (Wildman–Crippen LogP) is 5.67. The Morgan fingerprint density at radius 2 is 1.61 bits per heavy atom. The van der Waals surface area contributed by atoms with Crippen LogP contribution in [0.3, 0.4) is 0 Å². The maximum atomic E-state index is 5.57. The quantitative estimate of drug-likeness (QED) is 0.518. The molecule has 0 bridgehead atoms. The Kier molecular flexibility index (Phi) is 8.35. The van der Waals surface area contributed by atoms with Crippen molar-refractivity contribution in [2.45, 2.75) is 51.9 Å². The fourth-order valence-electron chi connectivity index (χ4n) is 3.69. The van der Waals surface area contributed by atoms with E-state index in [1.807, 2.05) is 23.7 Å². The number of ether oxygens (including phenoxy) is 3. The van der Waals surface area contributed by atoms with Gasteiger partial charge in [-0.15, -0.1) is 11.3 Å². The SMILES string of the molecule is C=C(C)CN=c1scc(-c2cc(OC)c(OC)c(OC)c2)n1N=C1CCCCCCC1. The van der Waals surface area contributed by atoms with E-state index in [1.165, 1.54) is 37.8 Å². The van der Waals surface area contributed by atoms with Crippen LogP contribution in [0, 0.1) is 0 Å². The summed E-state index contributed by atoms with van der Waals surface area (Å²) >= 11 is 1.58. The van der Waals surface area contributed by atoms with Gasteiger partial charge in [-0.25, -0.2) is 4.68 Å². The number of aromatic nitrogens is 1. The van der Waals surface area contributed by atoms with Gasteiger partial charge in [0.1, 0.15) is 0 Å². The van der Waals surface area contributed by atoms with Crippen LogP contribution in [0.15, 0.2) is 39.8 Å². The fourth-order valence-corrected chi connectivity index (χ4v) is 4.52. The minimum atomic E-state index is 0.578. The van der Waals surface area contributed by atoms with Crippen molar-refractivity contribution in [3.63, 3.8) is 0 Å². The first kappa shape index (κ1) is 23.1. The van der Waals surface area contributed by atoms with E-state index in [2.05, 4.69) is 12.0 Å². The van der Waals surface area contributed by atoms with Crippen LogP contribution in [0.25, 0.3) is 11.3 Å². The lowest BCUT2D eigenvalue weighted by molar-refractivity contribution is 0.324. The number of benzene rings is 1. The van der Waals surface area contributed by atoms with E-state index in [9.17, 15) is 0 Å². The number of hydrogen-bond donors (Lipinski definition) is 0. The molecule has 1 aliphatic rings. The lowest BCUT2D eigenvalue weighted by Gasteiger charge is -2.15. The van der Waals surface area contributed by atoms with E-state index >= 15 is 0 Å². The molecule has 1 heterocycles. The minimum absolute atomic E-state index is 0.578. The van der Waals surface area contributed by atoms with E-state index < -0.39 is 0 Å². The molecule has 1 fully saturated rings. The summed E-state index contributed by atoms with van der Waals surface area (Å²) in [7, 11) is 4.87. The summed E-state index contributed by atoms with van der Waals surface area (Å²) in [5.41, 5.74) is 4.16. The van der Waals surface area contributed by atoms with Crippen LogP contribution in [-0.4, -0.2) is 38.3 Å². The van der Waals surface area contributed by atoms with Crippen LogP contribution in [-0.2, 0) is 0 Å². The minimum Gasteiger partial charge on any atom is -0.493 e. The highest BCUT2D eigenvalue weighted by atomic mass is 32.1. The van der Waals surface area contributed by atoms with Crippen molar-refractivity contribution in [2.24, 2.45) is 10.1 Å². The molecule has 0 radical (unpaired) electrons. The molecule has 0 aliphatic heterocycles. The molecule has 1 aromatic heterocycles. The molecule has 2 aromatic rings. The van der Waals surface area contributed by atoms with Crippen molar-refractivity contribution in [1.29, 1.82) is 0 Å². The van der Waals surface area contributed by atoms with Gasteiger partial charge in [-0.05, 0) is 44.7 Å². The first-order valence-electron chi connectivity index (χ1n) is 10.8. The molecular weight excluding hydrogens is 410 g/mol. The molecule has 1 aromatic carbocycles. The average Bonchev–Trinajstić information content (AvgIpc) is 3.15. The van der Waals surface area contributed by atoms with Crippen LogP contribution < -0.4 is 19.0 Å². The van der Waals surface area contributed by atoms with Crippen molar-refractivity contribution >= 4 is 17.0 Å². The standard InChI is InChI=1S/C24H33N3O3S/c1-17(2)15-25-24-27(26-19-11-9-7-6-8-10-12-19)20(16-31-24)18-13-21(28-3)23(30-5)22(14-18)29-4/h13-14,16H,1,6-12,15H2,2-5H3. The van der Waals surface area contributed by atoms with Crippen molar-refractivity contribution in [3.05, 3.63) is 34.5 Å². The maximum absolute atomic E-state index is 5.57. The highest BCUT2D eigenvalue weighted by molar-refractivity contribution is 7.07. The zero-order chi connectivity index (χ0) is 22.2. The monoisotopic (exact) mass is 443 g/mol. The summed E-state index contributed by atoms with van der Waals surface area (Å²) in [6, 6.07) is 3.92. The van der Waals surface area contributed by atoms with Crippen molar-refractivity contribution < 1.29 is 14.2 Å². The zero-order valence-electron chi connectivity index (χ0n) is 19.1. The van der Waals surface area contributed by atoms with Gasteiger partial charge in [-0.3, -0.25) is 4.99 Å². The highest BCUT2D eigenvalue weighted by Crippen LogP contribution is 2.41. The fraction of sp³-hybridized carbons (Fsp3) is 0.500. The predicted molar refractivity (Wildman–Crippen MR) is 128 cm³/mol. The van der Waals surface area contributed by atoms with Gasteiger partial charge >= 0.3 is 0 Å². The Balaban J connectivity index is 2.14. The van der Waals surface area contributed by atoms with Gasteiger partial charge in [0.2, 0.25) is 10.6 Å². The lowest BCUT2D eigenvalue weighted by atomic mass is 9.99. The molecular formula is C24H33N3O3S. The van der Waals surface area contributed by atoms with Crippen LogP contribution in [0.5, 0.6) is 17.2 Å². The van der Waals surface area contributed by atoms with Gasteiger partial charge in [0, 0.05) is 16.7 Å². The molecule has 1 aliphatic carbocycles. The molecule has 1 saturated carbocycles. The van der Waals surface area contributed by atoms with Crippen LogP contribution in [0.4, 0.5) is 0 Å². The summed E-state index contributed by atoms with van der Waals surface area (Å²) in [5.74, 6) is 1.82. The second-order valence-electron chi connectivity index (χ2n) is 7.84. The molecule has 0 unspecified atom stereocenters. The van der Waals surface area contributed by atoms with Gasteiger partial charge in [-0.1, -0.05) is 31.4 Å². The van der Waals surface area contributed by atoms with E-state index in [4.69, 9.17) is 24.3 Å².